The van der Waals surface area contributed by atoms with Gasteiger partial charge < -0.3 is 5.73 Å². The van der Waals surface area contributed by atoms with Gasteiger partial charge >= 0.3 is 0 Å². The molecule has 8 heteroatoms. The summed E-state index contributed by atoms with van der Waals surface area (Å²) < 4.78 is 37.8. The third-order valence-electron chi connectivity index (χ3n) is 2.61. The Kier molecular flexibility index (Phi) is 3.51. The topological polar surface area (TPSA) is 78.0 Å². The van der Waals surface area contributed by atoms with Crippen molar-refractivity contribution in [1.82, 2.24) is 9.19 Å². The minimum Gasteiger partial charge on any atom is -0.398 e. The first kappa shape index (κ1) is 13.8. The van der Waals surface area contributed by atoms with Crippen LogP contribution in [0.25, 0.3) is 11.1 Å². The fourth-order valence-corrected chi connectivity index (χ4v) is 2.40. The average Bonchev–Trinajstić information content (AvgIpc) is 2.84. The third kappa shape index (κ3) is 2.57. The molecular formula is C11H11ClFN3O2S. The van der Waals surface area contributed by atoms with Crippen molar-refractivity contribution in [2.75, 3.05) is 11.5 Å². The van der Waals surface area contributed by atoms with Crippen LogP contribution >= 0.6 is 11.6 Å². The summed E-state index contributed by atoms with van der Waals surface area (Å²) in [7, 11) is -3.49. The molecule has 1 heterocycles. The van der Waals surface area contributed by atoms with E-state index < -0.39 is 15.8 Å². The molecule has 2 aromatic rings. The van der Waals surface area contributed by atoms with Crippen LogP contribution in [-0.4, -0.2) is 23.4 Å². The minimum absolute atomic E-state index is 0.0979. The molecule has 0 saturated heterocycles. The Morgan fingerprint density at radius 3 is 2.79 bits per heavy atom. The molecule has 0 aliphatic heterocycles. The highest BCUT2D eigenvalue weighted by Crippen LogP contribution is 2.29. The van der Waals surface area contributed by atoms with Gasteiger partial charge in [0, 0.05) is 11.1 Å². The van der Waals surface area contributed by atoms with E-state index >= 15 is 0 Å². The van der Waals surface area contributed by atoms with Crippen LogP contribution in [0.3, 0.4) is 0 Å². The SMILES string of the molecule is CCS(=O)(=O)n1cc(-c2cc(N)c(Cl)cc2F)cn1. The van der Waals surface area contributed by atoms with E-state index in [2.05, 4.69) is 5.10 Å². The number of rotatable bonds is 3. The van der Waals surface area contributed by atoms with E-state index in [1.54, 1.807) is 0 Å². The molecule has 0 spiro atoms. The second-order valence-electron chi connectivity index (χ2n) is 3.86. The molecule has 1 aromatic heterocycles. The molecule has 0 saturated carbocycles. The van der Waals surface area contributed by atoms with E-state index in [1.807, 2.05) is 0 Å². The second-order valence-corrected chi connectivity index (χ2v) is 6.38. The number of hydrogen-bond acceptors (Lipinski definition) is 4. The van der Waals surface area contributed by atoms with Crippen molar-refractivity contribution in [3.8, 4) is 11.1 Å². The molecular weight excluding hydrogens is 293 g/mol. The van der Waals surface area contributed by atoms with Crippen molar-refractivity contribution in [2.45, 2.75) is 6.92 Å². The largest absolute Gasteiger partial charge is 0.398 e. The zero-order valence-electron chi connectivity index (χ0n) is 9.97. The van der Waals surface area contributed by atoms with Gasteiger partial charge in [-0.05, 0) is 19.1 Å². The van der Waals surface area contributed by atoms with E-state index in [1.165, 1.54) is 25.4 Å². The molecule has 0 fully saturated rings. The molecule has 0 amide bonds. The summed E-state index contributed by atoms with van der Waals surface area (Å²) >= 11 is 5.69. The maximum atomic E-state index is 13.8. The quantitative estimate of drug-likeness (QED) is 0.881. The van der Waals surface area contributed by atoms with Crippen molar-refractivity contribution in [3.63, 3.8) is 0 Å². The van der Waals surface area contributed by atoms with Gasteiger partial charge in [0.2, 0.25) is 0 Å². The van der Waals surface area contributed by atoms with Crippen LogP contribution in [0.1, 0.15) is 6.92 Å². The lowest BCUT2D eigenvalue weighted by Crippen LogP contribution is -2.14. The summed E-state index contributed by atoms with van der Waals surface area (Å²) in [5.41, 5.74) is 6.28. The number of nitrogen functional groups attached to an aromatic ring is 1. The smallest absolute Gasteiger partial charge is 0.253 e. The second kappa shape index (κ2) is 4.82. The Hall–Kier alpha value is -1.60. The average molecular weight is 304 g/mol. The summed E-state index contributed by atoms with van der Waals surface area (Å²) in [6.45, 7) is 1.50. The van der Waals surface area contributed by atoms with Gasteiger partial charge in [-0.25, -0.2) is 12.8 Å². The Balaban J connectivity index is 2.53. The number of nitrogens with zero attached hydrogens (tertiary/aromatic N) is 2. The zero-order valence-corrected chi connectivity index (χ0v) is 11.5. The highest BCUT2D eigenvalue weighted by atomic mass is 35.5. The van der Waals surface area contributed by atoms with Crippen LogP contribution in [0, 0.1) is 5.82 Å². The lowest BCUT2D eigenvalue weighted by molar-refractivity contribution is 0.581. The van der Waals surface area contributed by atoms with Gasteiger partial charge in [-0.1, -0.05) is 11.6 Å². The molecule has 0 atom stereocenters. The van der Waals surface area contributed by atoms with Gasteiger partial charge in [-0.15, -0.1) is 0 Å². The first-order valence-corrected chi connectivity index (χ1v) is 7.36. The lowest BCUT2D eigenvalue weighted by atomic mass is 10.1. The van der Waals surface area contributed by atoms with Crippen LogP contribution in [-0.2, 0) is 10.0 Å². The number of hydrogen-bond donors (Lipinski definition) is 1. The van der Waals surface area contributed by atoms with Crippen LogP contribution in [0.2, 0.25) is 5.02 Å². The summed E-state index contributed by atoms with van der Waals surface area (Å²) in [5, 5.41) is 3.82. The Morgan fingerprint density at radius 2 is 2.16 bits per heavy atom. The van der Waals surface area contributed by atoms with E-state index in [0.717, 1.165) is 10.2 Å². The first-order valence-electron chi connectivity index (χ1n) is 5.38. The van der Waals surface area contributed by atoms with Gasteiger partial charge in [-0.3, -0.25) is 0 Å². The first-order chi connectivity index (χ1) is 8.85. The molecule has 0 radical (unpaired) electrons. The van der Waals surface area contributed by atoms with Gasteiger partial charge in [0.25, 0.3) is 10.0 Å². The van der Waals surface area contributed by atoms with Gasteiger partial charge in [0.15, 0.2) is 0 Å². The fourth-order valence-electron chi connectivity index (χ4n) is 1.52. The van der Waals surface area contributed by atoms with Crippen LogP contribution < -0.4 is 5.73 Å². The number of anilines is 1. The van der Waals surface area contributed by atoms with Crippen LogP contribution in [0.5, 0.6) is 0 Å². The maximum Gasteiger partial charge on any atom is 0.253 e. The predicted molar refractivity (Wildman–Crippen MR) is 71.9 cm³/mol. The van der Waals surface area contributed by atoms with Gasteiger partial charge in [0.1, 0.15) is 5.82 Å². The number of halogens is 2. The Morgan fingerprint density at radius 1 is 1.47 bits per heavy atom. The summed E-state index contributed by atoms with van der Waals surface area (Å²) in [6, 6.07) is 2.43. The standard InChI is InChI=1S/C11H11ClFN3O2S/c1-2-19(17,18)16-6-7(5-15-16)8-3-11(14)9(12)4-10(8)13/h3-6H,2,14H2,1H3. The lowest BCUT2D eigenvalue weighted by Gasteiger charge is -2.04. The molecule has 0 aliphatic rings. The zero-order chi connectivity index (χ0) is 14.2. The molecule has 102 valence electrons. The Bertz CT molecular complexity index is 728. The number of benzene rings is 1. The number of aromatic nitrogens is 2. The van der Waals surface area contributed by atoms with Crippen LogP contribution in [0.15, 0.2) is 24.5 Å². The van der Waals surface area contributed by atoms with E-state index in [9.17, 15) is 12.8 Å². The summed E-state index contributed by atoms with van der Waals surface area (Å²) in [6.07, 6.45) is 2.50. The minimum atomic E-state index is -3.49. The highest BCUT2D eigenvalue weighted by molar-refractivity contribution is 7.89. The molecule has 1 aromatic carbocycles. The normalized spacial score (nSPS) is 11.7. The van der Waals surface area contributed by atoms with Crippen molar-refractivity contribution in [1.29, 1.82) is 0 Å². The van der Waals surface area contributed by atoms with Gasteiger partial charge in [-0.2, -0.15) is 9.19 Å². The van der Waals surface area contributed by atoms with Crippen molar-refractivity contribution >= 4 is 27.3 Å². The van der Waals surface area contributed by atoms with Gasteiger partial charge in [0.05, 0.1) is 28.9 Å². The Labute approximate surface area is 114 Å². The predicted octanol–water partition coefficient (Wildman–Crippen LogP) is 2.12. The molecule has 0 bridgehead atoms. The molecule has 5 nitrogen and oxygen atoms in total. The van der Waals surface area contributed by atoms with Crippen molar-refractivity contribution in [3.05, 3.63) is 35.4 Å². The molecule has 0 aliphatic carbocycles. The van der Waals surface area contributed by atoms with E-state index in [4.69, 9.17) is 17.3 Å². The highest BCUT2D eigenvalue weighted by Gasteiger charge is 2.15. The van der Waals surface area contributed by atoms with E-state index in [0.29, 0.717) is 5.56 Å². The molecule has 0 unspecified atom stereocenters. The number of nitrogens with two attached hydrogens (primary N) is 1. The molecule has 2 rings (SSSR count). The monoisotopic (exact) mass is 303 g/mol. The summed E-state index contributed by atoms with van der Waals surface area (Å²) in [4.78, 5) is 0. The third-order valence-corrected chi connectivity index (χ3v) is 4.43. The molecule has 2 N–H and O–H groups in total. The van der Waals surface area contributed by atoms with Crippen molar-refractivity contribution < 1.29 is 12.8 Å². The fraction of sp³-hybridized carbons (Fsp3) is 0.182. The molecule has 19 heavy (non-hydrogen) atoms. The summed E-state index contributed by atoms with van der Waals surface area (Å²) in [5.74, 6) is -0.688. The van der Waals surface area contributed by atoms with Crippen LogP contribution in [0.4, 0.5) is 10.1 Å². The maximum absolute atomic E-state index is 13.8. The van der Waals surface area contributed by atoms with E-state index in [-0.39, 0.29) is 22.0 Å². The van der Waals surface area contributed by atoms with Crippen molar-refractivity contribution in [2.24, 2.45) is 0 Å².